The molecule has 24 heavy (non-hydrogen) atoms. The van der Waals surface area contributed by atoms with Crippen LogP contribution < -0.4 is 14.8 Å². The second-order valence-corrected chi connectivity index (χ2v) is 6.87. The number of hydrogen-bond acceptors (Lipinski definition) is 3. The summed E-state index contributed by atoms with van der Waals surface area (Å²) < 4.78 is 11.2. The van der Waals surface area contributed by atoms with Gasteiger partial charge in [0, 0.05) is 22.5 Å². The van der Waals surface area contributed by atoms with Crippen molar-refractivity contribution in [1.29, 1.82) is 0 Å². The van der Waals surface area contributed by atoms with Gasteiger partial charge in [-0.3, -0.25) is 4.79 Å². The Morgan fingerprint density at radius 2 is 1.88 bits per heavy atom. The van der Waals surface area contributed by atoms with Gasteiger partial charge in [-0.1, -0.05) is 37.6 Å². The molecule has 1 amide bonds. The van der Waals surface area contributed by atoms with Crippen LogP contribution in [-0.4, -0.2) is 25.7 Å². The predicted molar refractivity (Wildman–Crippen MR) is 94.2 cm³/mol. The monoisotopic (exact) mass is 345 g/mol. The van der Waals surface area contributed by atoms with Crippen molar-refractivity contribution in [2.45, 2.75) is 19.3 Å². The molecule has 3 rings (SSSR count). The molecule has 0 spiro atoms. The lowest BCUT2D eigenvalue weighted by Crippen LogP contribution is -2.36. The maximum atomic E-state index is 12.3. The van der Waals surface area contributed by atoms with Crippen molar-refractivity contribution in [3.8, 4) is 11.5 Å². The average Bonchev–Trinajstić information content (AvgIpc) is 2.59. The zero-order chi connectivity index (χ0) is 17.2. The summed E-state index contributed by atoms with van der Waals surface area (Å²) in [4.78, 5) is 12.3. The molecule has 2 aromatic carbocycles. The Kier molecular flexibility index (Phi) is 4.67. The number of carbonyl (C=O) groups is 1. The zero-order valence-corrected chi connectivity index (χ0v) is 14.5. The number of ether oxygens (including phenoxy) is 2. The van der Waals surface area contributed by atoms with E-state index in [1.807, 2.05) is 18.2 Å². The van der Waals surface area contributed by atoms with E-state index in [9.17, 15) is 4.79 Å². The first kappa shape index (κ1) is 16.7. The highest BCUT2D eigenvalue weighted by molar-refractivity contribution is 6.30. The van der Waals surface area contributed by atoms with E-state index in [0.717, 1.165) is 17.1 Å². The molecule has 0 unspecified atom stereocenters. The average molecular weight is 346 g/mol. The third-order valence-electron chi connectivity index (χ3n) is 4.10. The van der Waals surface area contributed by atoms with Crippen molar-refractivity contribution < 1.29 is 14.3 Å². The summed E-state index contributed by atoms with van der Waals surface area (Å²) in [5.41, 5.74) is 1.39. The molecule has 1 heterocycles. The summed E-state index contributed by atoms with van der Waals surface area (Å²) in [5, 5.41) is 3.53. The first-order chi connectivity index (χ1) is 11.5. The Bertz CT molecular complexity index is 758. The molecule has 5 heteroatoms. The molecule has 0 aromatic heterocycles. The molecule has 0 saturated carbocycles. The Labute approximate surface area is 146 Å². The maximum absolute atomic E-state index is 12.3. The van der Waals surface area contributed by atoms with Crippen LogP contribution in [0.15, 0.2) is 42.5 Å². The van der Waals surface area contributed by atoms with Crippen molar-refractivity contribution in [3.05, 3.63) is 58.6 Å². The van der Waals surface area contributed by atoms with Crippen LogP contribution in [0.4, 0.5) is 0 Å². The number of carbonyl (C=O) groups excluding carboxylic acids is 1. The number of rotatable bonds is 4. The van der Waals surface area contributed by atoms with E-state index in [-0.39, 0.29) is 11.3 Å². The Morgan fingerprint density at radius 1 is 1.12 bits per heavy atom. The molecule has 0 radical (unpaired) electrons. The molecule has 0 bridgehead atoms. The van der Waals surface area contributed by atoms with Crippen LogP contribution in [0, 0.1) is 0 Å². The van der Waals surface area contributed by atoms with Crippen LogP contribution in [0.3, 0.4) is 0 Å². The number of amides is 1. The molecule has 0 aliphatic carbocycles. The van der Waals surface area contributed by atoms with Gasteiger partial charge >= 0.3 is 0 Å². The second kappa shape index (κ2) is 6.73. The molecule has 126 valence electrons. The van der Waals surface area contributed by atoms with Crippen molar-refractivity contribution in [1.82, 2.24) is 5.32 Å². The highest BCUT2D eigenvalue weighted by Gasteiger charge is 2.24. The molecule has 0 atom stereocenters. The minimum absolute atomic E-state index is 0.136. The van der Waals surface area contributed by atoms with Gasteiger partial charge in [-0.2, -0.15) is 0 Å². The van der Waals surface area contributed by atoms with E-state index >= 15 is 0 Å². The van der Waals surface area contributed by atoms with Gasteiger partial charge in [-0.15, -0.1) is 0 Å². The van der Waals surface area contributed by atoms with E-state index in [4.69, 9.17) is 21.1 Å². The topological polar surface area (TPSA) is 47.6 Å². The lowest BCUT2D eigenvalue weighted by atomic mass is 9.84. The van der Waals surface area contributed by atoms with E-state index < -0.39 is 0 Å². The van der Waals surface area contributed by atoms with Crippen molar-refractivity contribution in [2.75, 3.05) is 19.8 Å². The quantitative estimate of drug-likeness (QED) is 0.916. The summed E-state index contributed by atoms with van der Waals surface area (Å²) in [6.07, 6.45) is 0. The number of hydrogen-bond donors (Lipinski definition) is 1. The largest absolute Gasteiger partial charge is 0.486 e. The van der Waals surface area contributed by atoms with Crippen LogP contribution in [0.25, 0.3) is 0 Å². The zero-order valence-electron chi connectivity index (χ0n) is 13.8. The van der Waals surface area contributed by atoms with Gasteiger partial charge in [0.05, 0.1) is 0 Å². The molecular weight excluding hydrogens is 326 g/mol. The van der Waals surface area contributed by atoms with Gasteiger partial charge in [0.15, 0.2) is 11.5 Å². The maximum Gasteiger partial charge on any atom is 0.251 e. The molecule has 0 fully saturated rings. The first-order valence-electron chi connectivity index (χ1n) is 7.90. The fraction of sp³-hybridized carbons (Fsp3) is 0.316. The van der Waals surface area contributed by atoms with Gasteiger partial charge in [0.1, 0.15) is 13.2 Å². The van der Waals surface area contributed by atoms with Gasteiger partial charge in [-0.25, -0.2) is 0 Å². The van der Waals surface area contributed by atoms with Crippen LogP contribution in [0.5, 0.6) is 11.5 Å². The summed E-state index contributed by atoms with van der Waals surface area (Å²) in [6.45, 7) is 5.79. The number of benzene rings is 2. The standard InChI is InChI=1S/C19H20ClNO3/c1-19(2,12-21-18(22)13-4-3-5-15(20)10-13)14-6-7-16-17(11-14)24-9-8-23-16/h3-7,10-11H,8-9,12H2,1-2H3,(H,21,22). The minimum atomic E-state index is -0.246. The highest BCUT2D eigenvalue weighted by Crippen LogP contribution is 2.34. The minimum Gasteiger partial charge on any atom is -0.486 e. The molecular formula is C19H20ClNO3. The number of halogens is 1. The summed E-state index contributed by atoms with van der Waals surface area (Å²) in [5.74, 6) is 1.39. The van der Waals surface area contributed by atoms with Crippen molar-refractivity contribution in [3.63, 3.8) is 0 Å². The number of fused-ring (bicyclic) bond motifs is 1. The SMILES string of the molecule is CC(C)(CNC(=O)c1cccc(Cl)c1)c1ccc2c(c1)OCCO2. The smallest absolute Gasteiger partial charge is 0.251 e. The molecule has 1 aliphatic rings. The van der Waals surface area contributed by atoms with Gasteiger partial charge < -0.3 is 14.8 Å². The fourth-order valence-corrected chi connectivity index (χ4v) is 2.79. The lowest BCUT2D eigenvalue weighted by Gasteiger charge is -2.28. The van der Waals surface area contributed by atoms with E-state index in [1.165, 1.54) is 0 Å². The van der Waals surface area contributed by atoms with Crippen LogP contribution >= 0.6 is 11.6 Å². The Morgan fingerprint density at radius 3 is 2.62 bits per heavy atom. The van der Waals surface area contributed by atoms with E-state index in [0.29, 0.717) is 30.3 Å². The van der Waals surface area contributed by atoms with Gasteiger partial charge in [0.2, 0.25) is 0 Å². The summed E-state index contributed by atoms with van der Waals surface area (Å²) in [6, 6.07) is 12.8. The highest BCUT2D eigenvalue weighted by atomic mass is 35.5. The summed E-state index contributed by atoms with van der Waals surface area (Å²) >= 11 is 5.94. The van der Waals surface area contributed by atoms with Gasteiger partial charge in [-0.05, 0) is 35.9 Å². The molecule has 1 aliphatic heterocycles. The molecule has 4 nitrogen and oxygen atoms in total. The Hall–Kier alpha value is -2.20. The molecule has 1 N–H and O–H groups in total. The van der Waals surface area contributed by atoms with Crippen LogP contribution in [-0.2, 0) is 5.41 Å². The van der Waals surface area contributed by atoms with Crippen molar-refractivity contribution in [2.24, 2.45) is 0 Å². The predicted octanol–water partition coefficient (Wildman–Crippen LogP) is 3.82. The molecule has 2 aromatic rings. The lowest BCUT2D eigenvalue weighted by molar-refractivity contribution is 0.0945. The normalized spacial score (nSPS) is 13.5. The van der Waals surface area contributed by atoms with Crippen LogP contribution in [0.2, 0.25) is 5.02 Å². The van der Waals surface area contributed by atoms with Crippen LogP contribution in [0.1, 0.15) is 29.8 Å². The first-order valence-corrected chi connectivity index (χ1v) is 8.27. The Balaban J connectivity index is 1.70. The number of nitrogens with one attached hydrogen (secondary N) is 1. The fourth-order valence-electron chi connectivity index (χ4n) is 2.60. The summed E-state index contributed by atoms with van der Waals surface area (Å²) in [7, 11) is 0. The van der Waals surface area contributed by atoms with Crippen molar-refractivity contribution >= 4 is 17.5 Å². The van der Waals surface area contributed by atoms with E-state index in [1.54, 1.807) is 24.3 Å². The second-order valence-electron chi connectivity index (χ2n) is 6.44. The van der Waals surface area contributed by atoms with E-state index in [2.05, 4.69) is 19.2 Å². The van der Waals surface area contributed by atoms with Gasteiger partial charge in [0.25, 0.3) is 5.91 Å². The third kappa shape index (κ3) is 3.65. The third-order valence-corrected chi connectivity index (χ3v) is 4.34. The molecule has 0 saturated heterocycles.